The van der Waals surface area contributed by atoms with Crippen LogP contribution in [0.15, 0.2) is 30.3 Å². The van der Waals surface area contributed by atoms with Gasteiger partial charge in [0.25, 0.3) is 0 Å². The maximum absolute atomic E-state index is 12.7. The maximum Gasteiger partial charge on any atom is 0.315 e. The molecule has 3 N–H and O–H groups in total. The monoisotopic (exact) mass is 390 g/mol. The highest BCUT2D eigenvalue weighted by atomic mass is 16.5. The Bertz CT molecular complexity index is 628. The zero-order chi connectivity index (χ0) is 20.6. The lowest BCUT2D eigenvalue weighted by atomic mass is 10.00. The van der Waals surface area contributed by atoms with Gasteiger partial charge in [-0.3, -0.25) is 9.69 Å². The topological polar surface area (TPSA) is 82.7 Å². The molecule has 1 aliphatic heterocycles. The van der Waals surface area contributed by atoms with Crippen LogP contribution in [0.3, 0.4) is 0 Å². The second-order valence-corrected chi connectivity index (χ2v) is 8.16. The van der Waals surface area contributed by atoms with Crippen LogP contribution in [-0.2, 0) is 16.1 Å². The molecule has 1 unspecified atom stereocenters. The van der Waals surface area contributed by atoms with Crippen molar-refractivity contribution in [2.24, 2.45) is 5.92 Å². The van der Waals surface area contributed by atoms with Gasteiger partial charge in [-0.2, -0.15) is 0 Å². The second kappa shape index (κ2) is 10.4. The van der Waals surface area contributed by atoms with Crippen molar-refractivity contribution >= 4 is 11.9 Å². The third kappa shape index (κ3) is 6.80. The first-order valence-corrected chi connectivity index (χ1v) is 9.98. The Labute approximate surface area is 168 Å². The number of morpholine rings is 1. The van der Waals surface area contributed by atoms with E-state index >= 15 is 0 Å². The molecule has 2 rings (SSSR count). The molecule has 1 aromatic rings. The van der Waals surface area contributed by atoms with Crippen molar-refractivity contribution in [3.63, 3.8) is 0 Å². The van der Waals surface area contributed by atoms with Crippen molar-refractivity contribution < 1.29 is 14.3 Å². The van der Waals surface area contributed by atoms with E-state index in [1.807, 2.05) is 44.2 Å². The molecule has 0 aliphatic carbocycles. The van der Waals surface area contributed by atoms with Crippen molar-refractivity contribution in [1.82, 2.24) is 20.9 Å². The Hall–Kier alpha value is -2.12. The van der Waals surface area contributed by atoms with Gasteiger partial charge < -0.3 is 20.7 Å². The minimum absolute atomic E-state index is 0.0195. The lowest BCUT2D eigenvalue weighted by molar-refractivity contribution is -0.124. The summed E-state index contributed by atoms with van der Waals surface area (Å²) in [6.45, 7) is 12.2. The summed E-state index contributed by atoms with van der Waals surface area (Å²) >= 11 is 0. The largest absolute Gasteiger partial charge is 0.379 e. The number of nitrogens with zero attached hydrogens (tertiary/aromatic N) is 1. The average Bonchev–Trinajstić information content (AvgIpc) is 2.70. The summed E-state index contributed by atoms with van der Waals surface area (Å²) in [5.41, 5.74) is 0.840. The van der Waals surface area contributed by atoms with Gasteiger partial charge in [0.05, 0.1) is 13.2 Å². The summed E-state index contributed by atoms with van der Waals surface area (Å²) in [4.78, 5) is 27.3. The van der Waals surface area contributed by atoms with E-state index in [-0.39, 0.29) is 23.4 Å². The summed E-state index contributed by atoms with van der Waals surface area (Å²) in [7, 11) is 0. The predicted molar refractivity (Wildman–Crippen MR) is 110 cm³/mol. The fourth-order valence-electron chi connectivity index (χ4n) is 3.20. The zero-order valence-electron chi connectivity index (χ0n) is 17.5. The molecule has 1 fully saturated rings. The Balaban J connectivity index is 1.84. The fourth-order valence-corrected chi connectivity index (χ4v) is 3.20. The third-order valence-corrected chi connectivity index (χ3v) is 5.09. The minimum atomic E-state index is -0.587. The normalized spacial score (nSPS) is 16.5. The molecule has 7 heteroatoms. The molecular weight excluding hydrogens is 356 g/mol. The molecule has 1 aliphatic rings. The number of hydrogen-bond donors (Lipinski definition) is 3. The number of carbonyl (C=O) groups is 2. The minimum Gasteiger partial charge on any atom is -0.379 e. The number of hydrogen-bond acceptors (Lipinski definition) is 4. The molecule has 1 atom stereocenters. The van der Waals surface area contributed by atoms with Crippen molar-refractivity contribution in [2.45, 2.75) is 45.8 Å². The van der Waals surface area contributed by atoms with Gasteiger partial charge in [0.15, 0.2) is 0 Å². The quantitative estimate of drug-likeness (QED) is 0.631. The molecule has 0 bridgehead atoms. The molecule has 0 aromatic heterocycles. The molecule has 156 valence electrons. The number of rotatable bonds is 8. The summed E-state index contributed by atoms with van der Waals surface area (Å²) in [5.74, 6) is -0.180. The van der Waals surface area contributed by atoms with Crippen LogP contribution in [0.4, 0.5) is 4.79 Å². The van der Waals surface area contributed by atoms with Crippen LogP contribution in [0.2, 0.25) is 0 Å². The highest BCUT2D eigenvalue weighted by molar-refractivity contribution is 5.87. The van der Waals surface area contributed by atoms with Crippen molar-refractivity contribution in [3.05, 3.63) is 35.9 Å². The van der Waals surface area contributed by atoms with Crippen molar-refractivity contribution in [3.8, 4) is 0 Å². The number of ether oxygens (including phenoxy) is 1. The van der Waals surface area contributed by atoms with E-state index in [0.29, 0.717) is 13.1 Å². The van der Waals surface area contributed by atoms with Gasteiger partial charge in [0.1, 0.15) is 6.04 Å². The van der Waals surface area contributed by atoms with Crippen molar-refractivity contribution in [1.29, 1.82) is 0 Å². The van der Waals surface area contributed by atoms with E-state index in [1.165, 1.54) is 0 Å². The van der Waals surface area contributed by atoms with Crippen LogP contribution in [0.1, 0.15) is 33.3 Å². The Morgan fingerprint density at radius 3 is 2.36 bits per heavy atom. The summed E-state index contributed by atoms with van der Waals surface area (Å²) in [6, 6.07) is 8.74. The highest BCUT2D eigenvalue weighted by Crippen LogP contribution is 2.15. The van der Waals surface area contributed by atoms with E-state index in [2.05, 4.69) is 34.7 Å². The van der Waals surface area contributed by atoms with E-state index in [1.54, 1.807) is 0 Å². The van der Waals surface area contributed by atoms with E-state index in [4.69, 9.17) is 4.74 Å². The predicted octanol–water partition coefficient (Wildman–Crippen LogP) is 1.74. The van der Waals surface area contributed by atoms with Crippen LogP contribution in [0.5, 0.6) is 0 Å². The average molecular weight is 391 g/mol. The van der Waals surface area contributed by atoms with Gasteiger partial charge in [0.2, 0.25) is 5.91 Å². The second-order valence-electron chi connectivity index (χ2n) is 8.16. The lowest BCUT2D eigenvalue weighted by Gasteiger charge is -2.41. The van der Waals surface area contributed by atoms with Crippen LogP contribution >= 0.6 is 0 Å². The lowest BCUT2D eigenvalue weighted by Crippen LogP contribution is -2.58. The standard InChI is InChI=1S/C21H34N4O3/c1-16(2)18(24-20(27)22-14-17-8-6-5-7-9-17)19(26)23-15-21(3,4)25-10-12-28-13-11-25/h5-9,16,18H,10-15H2,1-4H3,(H,23,26)(H2,22,24,27). The number of urea groups is 1. The smallest absolute Gasteiger partial charge is 0.315 e. The van der Waals surface area contributed by atoms with E-state index in [9.17, 15) is 9.59 Å². The van der Waals surface area contributed by atoms with Crippen molar-refractivity contribution in [2.75, 3.05) is 32.8 Å². The SMILES string of the molecule is CC(C)C(NC(=O)NCc1ccccc1)C(=O)NCC(C)(C)N1CCOCC1. The van der Waals surface area contributed by atoms with Gasteiger partial charge >= 0.3 is 6.03 Å². The molecule has 1 saturated heterocycles. The first-order valence-electron chi connectivity index (χ1n) is 9.98. The highest BCUT2D eigenvalue weighted by Gasteiger charge is 2.31. The van der Waals surface area contributed by atoms with Gasteiger partial charge in [-0.25, -0.2) is 4.79 Å². The maximum atomic E-state index is 12.7. The summed E-state index contributed by atoms with van der Waals surface area (Å²) < 4.78 is 5.41. The molecule has 1 aromatic carbocycles. The van der Waals surface area contributed by atoms with Crippen LogP contribution in [0, 0.1) is 5.92 Å². The molecule has 0 spiro atoms. The summed E-state index contributed by atoms with van der Waals surface area (Å²) in [5, 5.41) is 8.63. The first-order chi connectivity index (χ1) is 13.3. The number of benzene rings is 1. The number of carbonyl (C=O) groups excluding carboxylic acids is 2. The zero-order valence-corrected chi connectivity index (χ0v) is 17.5. The van der Waals surface area contributed by atoms with Crippen LogP contribution < -0.4 is 16.0 Å². The molecular formula is C21H34N4O3. The molecule has 28 heavy (non-hydrogen) atoms. The van der Waals surface area contributed by atoms with Gasteiger partial charge in [-0.1, -0.05) is 44.2 Å². The van der Waals surface area contributed by atoms with Crippen LogP contribution in [0.25, 0.3) is 0 Å². The molecule has 0 radical (unpaired) electrons. The molecule has 3 amide bonds. The van der Waals surface area contributed by atoms with E-state index < -0.39 is 6.04 Å². The Morgan fingerprint density at radius 1 is 1.11 bits per heavy atom. The van der Waals surface area contributed by atoms with Gasteiger partial charge in [-0.15, -0.1) is 0 Å². The van der Waals surface area contributed by atoms with Gasteiger partial charge in [-0.05, 0) is 25.3 Å². The summed E-state index contributed by atoms with van der Waals surface area (Å²) in [6.07, 6.45) is 0. The molecule has 0 saturated carbocycles. The fraction of sp³-hybridized carbons (Fsp3) is 0.619. The number of nitrogens with one attached hydrogen (secondary N) is 3. The van der Waals surface area contributed by atoms with Crippen LogP contribution in [-0.4, -0.2) is 61.3 Å². The molecule has 7 nitrogen and oxygen atoms in total. The van der Waals surface area contributed by atoms with Gasteiger partial charge in [0, 0.05) is 31.7 Å². The van der Waals surface area contributed by atoms with E-state index in [0.717, 1.165) is 31.9 Å². The first kappa shape index (κ1) is 22.2. The Morgan fingerprint density at radius 2 is 1.75 bits per heavy atom. The third-order valence-electron chi connectivity index (χ3n) is 5.09. The number of amides is 3. The Kier molecular flexibility index (Phi) is 8.26. The molecule has 1 heterocycles.